The number of halogens is 3. The summed E-state index contributed by atoms with van der Waals surface area (Å²) in [6.45, 7) is 2.99. The van der Waals surface area contributed by atoms with Gasteiger partial charge in [-0.2, -0.15) is 18.4 Å². The highest BCUT2D eigenvalue weighted by Crippen LogP contribution is 2.42. The van der Waals surface area contributed by atoms with Gasteiger partial charge < -0.3 is 15.3 Å². The van der Waals surface area contributed by atoms with E-state index in [-0.39, 0.29) is 22.8 Å². The molecule has 0 fully saturated rings. The van der Waals surface area contributed by atoms with E-state index < -0.39 is 18.9 Å². The Labute approximate surface area is 146 Å². The molecular formula is C16H13F3N5OP. The first-order valence-electron chi connectivity index (χ1n) is 7.34. The first kappa shape index (κ1) is 18.0. The number of H-pyrrole nitrogens is 1. The van der Waals surface area contributed by atoms with Crippen LogP contribution in [0.5, 0.6) is 0 Å². The summed E-state index contributed by atoms with van der Waals surface area (Å²) in [6, 6.07) is 4.90. The van der Waals surface area contributed by atoms with Crippen molar-refractivity contribution in [2.24, 2.45) is 0 Å². The van der Waals surface area contributed by atoms with E-state index in [0.717, 1.165) is 0 Å². The second kappa shape index (κ2) is 5.85. The van der Waals surface area contributed by atoms with Gasteiger partial charge in [-0.25, -0.2) is 9.97 Å². The number of aromatic amines is 1. The highest BCUT2D eigenvalue weighted by molar-refractivity contribution is 7.70. The molecule has 0 atom stereocenters. The minimum atomic E-state index is -4.67. The smallest absolute Gasteiger partial charge is 0.368 e. The molecule has 134 valence electrons. The lowest BCUT2D eigenvalue weighted by Gasteiger charge is -2.13. The van der Waals surface area contributed by atoms with Gasteiger partial charge in [-0.3, -0.25) is 0 Å². The molecule has 0 saturated heterocycles. The molecule has 0 aliphatic heterocycles. The normalized spacial score (nSPS) is 12.3. The Hall–Kier alpha value is -2.85. The summed E-state index contributed by atoms with van der Waals surface area (Å²) in [5.74, 6) is -0.298. The second-order valence-electron chi connectivity index (χ2n) is 6.04. The first-order chi connectivity index (χ1) is 12.0. The standard InChI is InChI=1S/C16H13F3N5OP/c1-26(2,25)14-8(5-20)3-4-9-10(6-22-13(9)14)12-11(16(17,18)19)7-23-15(21)24-12/h3-4,6-7,22H,1-2H3,(H2,21,23,24). The number of aromatic nitrogens is 3. The quantitative estimate of drug-likeness (QED) is 0.664. The largest absolute Gasteiger partial charge is 0.419 e. The van der Waals surface area contributed by atoms with Gasteiger partial charge in [0.05, 0.1) is 28.1 Å². The van der Waals surface area contributed by atoms with Crippen molar-refractivity contribution < 1.29 is 17.7 Å². The monoisotopic (exact) mass is 379 g/mol. The Kier molecular flexibility index (Phi) is 4.04. The Morgan fingerprint density at radius 1 is 1.31 bits per heavy atom. The van der Waals surface area contributed by atoms with Crippen LogP contribution in [0.3, 0.4) is 0 Å². The minimum absolute atomic E-state index is 0.139. The van der Waals surface area contributed by atoms with Gasteiger partial charge in [-0.05, 0) is 19.4 Å². The van der Waals surface area contributed by atoms with Crippen LogP contribution in [-0.2, 0) is 10.7 Å². The Balaban J connectivity index is 2.39. The number of anilines is 1. The lowest BCUT2D eigenvalue weighted by atomic mass is 10.0. The average Bonchev–Trinajstić information content (AvgIpc) is 2.95. The molecule has 0 bridgehead atoms. The van der Waals surface area contributed by atoms with Crippen molar-refractivity contribution in [1.82, 2.24) is 15.0 Å². The van der Waals surface area contributed by atoms with Crippen LogP contribution in [0, 0.1) is 11.3 Å². The Bertz CT molecular complexity index is 1110. The molecule has 6 nitrogen and oxygen atoms in total. The zero-order valence-electron chi connectivity index (χ0n) is 13.7. The van der Waals surface area contributed by atoms with Crippen LogP contribution >= 0.6 is 7.14 Å². The zero-order chi connectivity index (χ0) is 19.3. The lowest BCUT2D eigenvalue weighted by molar-refractivity contribution is -0.137. The Morgan fingerprint density at radius 3 is 2.58 bits per heavy atom. The fourth-order valence-electron chi connectivity index (χ4n) is 2.84. The molecular weight excluding hydrogens is 366 g/mol. The highest BCUT2D eigenvalue weighted by atomic mass is 31.2. The molecule has 0 aliphatic rings. The first-order valence-corrected chi connectivity index (χ1v) is 9.94. The third-order valence-electron chi connectivity index (χ3n) is 3.86. The fraction of sp³-hybridized carbons (Fsp3) is 0.188. The molecule has 0 radical (unpaired) electrons. The average molecular weight is 379 g/mol. The van der Waals surface area contributed by atoms with Crippen LogP contribution < -0.4 is 11.0 Å². The predicted octanol–water partition coefficient (Wildman–Crippen LogP) is 3.35. The van der Waals surface area contributed by atoms with Gasteiger partial charge in [-0.15, -0.1) is 0 Å². The van der Waals surface area contributed by atoms with Crippen molar-refractivity contribution in [2.45, 2.75) is 6.18 Å². The summed E-state index contributed by atoms with van der Waals surface area (Å²) < 4.78 is 52.7. The van der Waals surface area contributed by atoms with Crippen LogP contribution in [-0.4, -0.2) is 28.3 Å². The van der Waals surface area contributed by atoms with Crippen LogP contribution in [0.15, 0.2) is 24.5 Å². The van der Waals surface area contributed by atoms with Gasteiger partial charge in [0, 0.05) is 23.3 Å². The van der Waals surface area contributed by atoms with E-state index in [2.05, 4.69) is 15.0 Å². The maximum atomic E-state index is 13.3. The van der Waals surface area contributed by atoms with E-state index in [0.29, 0.717) is 22.4 Å². The highest BCUT2D eigenvalue weighted by Gasteiger charge is 2.36. The number of nitrogens with zero attached hydrogens (tertiary/aromatic N) is 3. The summed E-state index contributed by atoms with van der Waals surface area (Å²) in [7, 11) is -2.88. The van der Waals surface area contributed by atoms with Gasteiger partial charge in [0.25, 0.3) is 0 Å². The van der Waals surface area contributed by atoms with Crippen molar-refractivity contribution in [3.8, 4) is 17.3 Å². The van der Waals surface area contributed by atoms with Crippen molar-refractivity contribution in [3.05, 3.63) is 35.7 Å². The molecule has 2 aromatic heterocycles. The molecule has 0 unspecified atom stereocenters. The number of hydrogen-bond donors (Lipinski definition) is 2. The van der Waals surface area contributed by atoms with Crippen molar-refractivity contribution in [2.75, 3.05) is 19.1 Å². The van der Waals surface area contributed by atoms with Crippen molar-refractivity contribution in [3.63, 3.8) is 0 Å². The van der Waals surface area contributed by atoms with Crippen LogP contribution in [0.25, 0.3) is 22.2 Å². The number of nitriles is 1. The maximum Gasteiger partial charge on any atom is 0.419 e. The van der Waals surface area contributed by atoms with Gasteiger partial charge in [0.1, 0.15) is 12.7 Å². The van der Waals surface area contributed by atoms with Crippen LogP contribution in [0.2, 0.25) is 0 Å². The van der Waals surface area contributed by atoms with Crippen molar-refractivity contribution in [1.29, 1.82) is 5.26 Å². The van der Waals surface area contributed by atoms with E-state index in [9.17, 15) is 23.0 Å². The summed E-state index contributed by atoms with van der Waals surface area (Å²) in [4.78, 5) is 10.0. The molecule has 0 saturated carbocycles. The molecule has 3 aromatic rings. The molecule has 26 heavy (non-hydrogen) atoms. The molecule has 0 amide bonds. The Morgan fingerprint density at radius 2 is 2.00 bits per heavy atom. The number of nitrogens with two attached hydrogens (primary N) is 1. The van der Waals surface area contributed by atoms with Crippen molar-refractivity contribution >= 4 is 29.3 Å². The number of alkyl halides is 3. The summed E-state index contributed by atoms with van der Waals surface area (Å²) in [6.07, 6.45) is -2.71. The van der Waals surface area contributed by atoms with Crippen LogP contribution in [0.4, 0.5) is 19.1 Å². The maximum absolute atomic E-state index is 13.3. The van der Waals surface area contributed by atoms with E-state index >= 15 is 0 Å². The number of fused-ring (bicyclic) bond motifs is 1. The lowest BCUT2D eigenvalue weighted by Crippen LogP contribution is -2.11. The second-order valence-corrected chi connectivity index (χ2v) is 9.19. The van der Waals surface area contributed by atoms with E-state index in [4.69, 9.17) is 5.73 Å². The summed E-state index contributed by atoms with van der Waals surface area (Å²) in [5, 5.41) is 9.94. The summed E-state index contributed by atoms with van der Waals surface area (Å²) >= 11 is 0. The number of rotatable bonds is 2. The number of hydrogen-bond acceptors (Lipinski definition) is 5. The number of nitrogens with one attached hydrogen (secondary N) is 1. The third kappa shape index (κ3) is 2.93. The number of benzene rings is 1. The summed E-state index contributed by atoms with van der Waals surface area (Å²) in [5.41, 5.74) is 4.76. The molecule has 10 heteroatoms. The third-order valence-corrected chi connectivity index (χ3v) is 5.40. The van der Waals surface area contributed by atoms with E-state index in [1.807, 2.05) is 6.07 Å². The molecule has 0 aliphatic carbocycles. The molecule has 3 N–H and O–H groups in total. The van der Waals surface area contributed by atoms with E-state index in [1.54, 1.807) is 0 Å². The number of nitrogen functional groups attached to an aromatic ring is 1. The topological polar surface area (TPSA) is 108 Å². The molecule has 2 heterocycles. The molecule has 0 spiro atoms. The minimum Gasteiger partial charge on any atom is -0.368 e. The van der Waals surface area contributed by atoms with Gasteiger partial charge in [-0.1, -0.05) is 6.07 Å². The molecule has 3 rings (SSSR count). The molecule has 1 aromatic carbocycles. The van der Waals surface area contributed by atoms with Crippen LogP contribution in [0.1, 0.15) is 11.1 Å². The zero-order valence-corrected chi connectivity index (χ0v) is 14.6. The van der Waals surface area contributed by atoms with E-state index in [1.165, 1.54) is 31.7 Å². The predicted molar refractivity (Wildman–Crippen MR) is 92.5 cm³/mol. The SMILES string of the molecule is CP(C)(=O)c1c(C#N)ccc2c(-c3nc(N)ncc3C(F)(F)F)c[nH]c12. The fourth-order valence-corrected chi connectivity index (χ4v) is 4.27. The van der Waals surface area contributed by atoms with Gasteiger partial charge >= 0.3 is 6.18 Å². The van der Waals surface area contributed by atoms with Gasteiger partial charge in [0.2, 0.25) is 5.95 Å². The van der Waals surface area contributed by atoms with Gasteiger partial charge in [0.15, 0.2) is 0 Å².